The standard InChI is InChI=1S/C14H13F3N2OS.C2H6/c1-9-19-12(8-21-9)6-13(20)18-7-10-3-2-4-11(5-10)14(15,16)17;1-2/h2-5,8H,6-7H2,1H3,(H,18,20);1-2H3. The third-order valence-corrected chi connectivity index (χ3v) is 3.57. The summed E-state index contributed by atoms with van der Waals surface area (Å²) in [6.07, 6.45) is -4.25. The van der Waals surface area contributed by atoms with Gasteiger partial charge < -0.3 is 5.32 Å². The summed E-state index contributed by atoms with van der Waals surface area (Å²) in [4.78, 5) is 15.9. The molecule has 2 aromatic rings. The highest BCUT2D eigenvalue weighted by Crippen LogP contribution is 2.29. The SMILES string of the molecule is CC.Cc1nc(CC(=O)NCc2cccc(C(F)(F)F)c2)cs1. The van der Waals surface area contributed by atoms with E-state index in [1.54, 1.807) is 11.4 Å². The minimum Gasteiger partial charge on any atom is -0.352 e. The summed E-state index contributed by atoms with van der Waals surface area (Å²) in [5, 5.41) is 5.26. The number of alkyl halides is 3. The smallest absolute Gasteiger partial charge is 0.352 e. The molecule has 1 aromatic carbocycles. The van der Waals surface area contributed by atoms with Gasteiger partial charge >= 0.3 is 6.18 Å². The first-order chi connectivity index (χ1) is 10.8. The van der Waals surface area contributed by atoms with Gasteiger partial charge in [-0.2, -0.15) is 13.2 Å². The predicted molar refractivity (Wildman–Crippen MR) is 85.2 cm³/mol. The Morgan fingerprint density at radius 3 is 2.57 bits per heavy atom. The Bertz CT molecular complexity index is 638. The molecule has 1 amide bonds. The molecule has 0 unspecified atom stereocenters. The fourth-order valence-corrected chi connectivity index (χ4v) is 2.39. The summed E-state index contributed by atoms with van der Waals surface area (Å²) in [5.41, 5.74) is 0.357. The lowest BCUT2D eigenvalue weighted by Gasteiger charge is -2.09. The topological polar surface area (TPSA) is 42.0 Å². The van der Waals surface area contributed by atoms with Crippen LogP contribution in [0, 0.1) is 6.92 Å². The van der Waals surface area contributed by atoms with E-state index in [4.69, 9.17) is 0 Å². The minimum absolute atomic E-state index is 0.0614. The van der Waals surface area contributed by atoms with Gasteiger partial charge in [0.25, 0.3) is 0 Å². The van der Waals surface area contributed by atoms with Crippen LogP contribution in [0.15, 0.2) is 29.6 Å². The van der Waals surface area contributed by atoms with E-state index in [-0.39, 0.29) is 18.9 Å². The fraction of sp³-hybridized carbons (Fsp3) is 0.375. The summed E-state index contributed by atoms with van der Waals surface area (Å²) in [7, 11) is 0. The van der Waals surface area contributed by atoms with E-state index in [1.807, 2.05) is 20.8 Å². The van der Waals surface area contributed by atoms with Gasteiger partial charge in [-0.3, -0.25) is 4.79 Å². The quantitative estimate of drug-likeness (QED) is 0.896. The Balaban J connectivity index is 0.00000127. The molecule has 23 heavy (non-hydrogen) atoms. The fourth-order valence-electron chi connectivity index (χ4n) is 1.77. The Morgan fingerprint density at radius 2 is 2.00 bits per heavy atom. The number of carbonyl (C=O) groups excluding carboxylic acids is 1. The molecule has 0 saturated heterocycles. The summed E-state index contributed by atoms with van der Waals surface area (Å²) in [6, 6.07) is 4.91. The van der Waals surface area contributed by atoms with Gasteiger partial charge in [0.05, 0.1) is 22.7 Å². The van der Waals surface area contributed by atoms with Gasteiger partial charge in [-0.1, -0.05) is 26.0 Å². The van der Waals surface area contributed by atoms with Crippen LogP contribution in [-0.2, 0) is 23.9 Å². The summed E-state index contributed by atoms with van der Waals surface area (Å²) >= 11 is 1.45. The average molecular weight is 344 g/mol. The van der Waals surface area contributed by atoms with Crippen molar-refractivity contribution in [3.8, 4) is 0 Å². The first-order valence-electron chi connectivity index (χ1n) is 7.18. The van der Waals surface area contributed by atoms with Crippen molar-refractivity contribution >= 4 is 17.2 Å². The second-order valence-electron chi connectivity index (χ2n) is 4.51. The van der Waals surface area contributed by atoms with Gasteiger partial charge in [0, 0.05) is 11.9 Å². The van der Waals surface area contributed by atoms with Crippen molar-refractivity contribution in [2.75, 3.05) is 0 Å². The minimum atomic E-state index is -4.38. The van der Waals surface area contributed by atoms with Crippen molar-refractivity contribution in [2.45, 2.75) is 39.9 Å². The van der Waals surface area contributed by atoms with E-state index in [2.05, 4.69) is 10.3 Å². The normalized spacial score (nSPS) is 10.7. The number of hydrogen-bond acceptors (Lipinski definition) is 3. The molecule has 7 heteroatoms. The van der Waals surface area contributed by atoms with Crippen LogP contribution >= 0.6 is 11.3 Å². The van der Waals surface area contributed by atoms with E-state index >= 15 is 0 Å². The largest absolute Gasteiger partial charge is 0.416 e. The van der Waals surface area contributed by atoms with Gasteiger partial charge in [0.15, 0.2) is 0 Å². The molecule has 1 aromatic heterocycles. The predicted octanol–water partition coefficient (Wildman–Crippen LogP) is 4.36. The summed E-state index contributed by atoms with van der Waals surface area (Å²) in [6.45, 7) is 5.90. The number of amides is 1. The molecule has 0 aliphatic heterocycles. The maximum atomic E-state index is 12.6. The monoisotopic (exact) mass is 344 g/mol. The summed E-state index contributed by atoms with van der Waals surface area (Å²) < 4.78 is 37.7. The zero-order valence-corrected chi connectivity index (χ0v) is 14.0. The number of nitrogens with zero attached hydrogens (tertiary/aromatic N) is 1. The molecular formula is C16H19F3N2OS. The maximum absolute atomic E-state index is 12.6. The van der Waals surface area contributed by atoms with E-state index in [1.165, 1.54) is 17.4 Å². The Kier molecular flexibility index (Phi) is 7.22. The van der Waals surface area contributed by atoms with Gasteiger partial charge in [-0.15, -0.1) is 11.3 Å². The van der Waals surface area contributed by atoms with Gasteiger partial charge in [0.1, 0.15) is 0 Å². The maximum Gasteiger partial charge on any atom is 0.416 e. The van der Waals surface area contributed by atoms with Crippen LogP contribution in [0.4, 0.5) is 13.2 Å². The van der Waals surface area contributed by atoms with E-state index < -0.39 is 11.7 Å². The number of rotatable bonds is 4. The third-order valence-electron chi connectivity index (χ3n) is 2.75. The summed E-state index contributed by atoms with van der Waals surface area (Å²) in [5.74, 6) is -0.266. The van der Waals surface area contributed by atoms with Crippen molar-refractivity contribution in [1.82, 2.24) is 10.3 Å². The number of hydrogen-bond donors (Lipinski definition) is 1. The van der Waals surface area contributed by atoms with Crippen LogP contribution in [0.25, 0.3) is 0 Å². The molecule has 0 aliphatic carbocycles. The van der Waals surface area contributed by atoms with Gasteiger partial charge in [-0.05, 0) is 24.6 Å². The average Bonchev–Trinajstić information content (AvgIpc) is 2.92. The Morgan fingerprint density at radius 1 is 1.30 bits per heavy atom. The number of benzene rings is 1. The lowest BCUT2D eigenvalue weighted by atomic mass is 10.1. The van der Waals surface area contributed by atoms with Crippen LogP contribution < -0.4 is 5.32 Å². The molecule has 0 saturated carbocycles. The molecular weight excluding hydrogens is 325 g/mol. The highest BCUT2D eigenvalue weighted by atomic mass is 32.1. The molecule has 0 bridgehead atoms. The zero-order valence-electron chi connectivity index (χ0n) is 13.2. The van der Waals surface area contributed by atoms with E-state index in [0.717, 1.165) is 17.1 Å². The highest BCUT2D eigenvalue weighted by Gasteiger charge is 2.30. The number of thiazole rings is 1. The number of nitrogens with one attached hydrogen (secondary N) is 1. The Hall–Kier alpha value is -1.89. The highest BCUT2D eigenvalue weighted by molar-refractivity contribution is 7.09. The van der Waals surface area contributed by atoms with Crippen LogP contribution in [0.3, 0.4) is 0 Å². The van der Waals surface area contributed by atoms with E-state index in [0.29, 0.717) is 11.3 Å². The molecule has 1 N–H and O–H groups in total. The molecule has 0 fully saturated rings. The first-order valence-corrected chi connectivity index (χ1v) is 8.06. The van der Waals surface area contributed by atoms with Crippen LogP contribution in [0.2, 0.25) is 0 Å². The lowest BCUT2D eigenvalue weighted by molar-refractivity contribution is -0.137. The molecule has 2 rings (SSSR count). The molecule has 126 valence electrons. The van der Waals surface area contributed by atoms with Crippen molar-refractivity contribution in [3.63, 3.8) is 0 Å². The van der Waals surface area contributed by atoms with E-state index in [9.17, 15) is 18.0 Å². The third kappa shape index (κ3) is 6.40. The van der Waals surface area contributed by atoms with Crippen molar-refractivity contribution < 1.29 is 18.0 Å². The van der Waals surface area contributed by atoms with Crippen LogP contribution in [0.5, 0.6) is 0 Å². The van der Waals surface area contributed by atoms with Crippen LogP contribution in [-0.4, -0.2) is 10.9 Å². The molecule has 0 atom stereocenters. The van der Waals surface area contributed by atoms with Gasteiger partial charge in [0.2, 0.25) is 5.91 Å². The Labute approximate surface area is 137 Å². The molecule has 1 heterocycles. The van der Waals surface area contributed by atoms with Crippen LogP contribution in [0.1, 0.15) is 35.7 Å². The van der Waals surface area contributed by atoms with Crippen molar-refractivity contribution in [1.29, 1.82) is 0 Å². The van der Waals surface area contributed by atoms with Gasteiger partial charge in [-0.25, -0.2) is 4.98 Å². The second-order valence-corrected chi connectivity index (χ2v) is 5.57. The molecule has 3 nitrogen and oxygen atoms in total. The zero-order chi connectivity index (χ0) is 17.5. The number of halogens is 3. The molecule has 0 spiro atoms. The molecule has 0 aliphatic rings. The van der Waals surface area contributed by atoms with Crippen molar-refractivity contribution in [3.05, 3.63) is 51.5 Å². The number of aromatic nitrogens is 1. The number of carbonyl (C=O) groups is 1. The van der Waals surface area contributed by atoms with Crippen molar-refractivity contribution in [2.24, 2.45) is 0 Å². The second kappa shape index (κ2) is 8.67. The molecule has 0 radical (unpaired) electrons. The number of aryl methyl sites for hydroxylation is 1. The lowest BCUT2D eigenvalue weighted by Crippen LogP contribution is -2.24. The first kappa shape index (κ1) is 19.2.